The third-order valence-corrected chi connectivity index (χ3v) is 7.92. The Bertz CT molecular complexity index is 1390. The number of hydrogen-bond acceptors (Lipinski definition) is 5. The van der Waals surface area contributed by atoms with Crippen molar-refractivity contribution >= 4 is 39.1 Å². The molecule has 0 aliphatic rings. The number of halogens is 1. The molecule has 0 saturated heterocycles. The quantitative estimate of drug-likeness (QED) is 0.374. The summed E-state index contributed by atoms with van der Waals surface area (Å²) in [5.74, 6) is -0.640. The lowest BCUT2D eigenvalue weighted by Crippen LogP contribution is -2.54. The Morgan fingerprint density at radius 3 is 2.13 bits per heavy atom. The van der Waals surface area contributed by atoms with Crippen molar-refractivity contribution in [3.8, 4) is 5.75 Å². The van der Waals surface area contributed by atoms with Crippen LogP contribution in [-0.4, -0.2) is 50.4 Å². The largest absolute Gasteiger partial charge is 0.495 e. The van der Waals surface area contributed by atoms with E-state index in [9.17, 15) is 18.0 Å². The second-order valence-corrected chi connectivity index (χ2v) is 12.4. The van der Waals surface area contributed by atoms with Crippen LogP contribution in [0.15, 0.2) is 83.8 Å². The standard InChI is InChI=1S/C29H34ClN3O5S/c1-21(28(35)31-29(2,3)4)32(19-22-15-17-23(30)18-16-22)27(34)20-33(25-13-9-10-14-26(25)38-5)39(36,37)24-11-7-6-8-12-24/h6-18,21H,19-20H2,1-5H3,(H,31,35)/t21-/m1/s1. The highest BCUT2D eigenvalue weighted by Crippen LogP contribution is 2.32. The molecule has 1 N–H and O–H groups in total. The Balaban J connectivity index is 2.06. The molecule has 0 aliphatic heterocycles. The van der Waals surface area contributed by atoms with Crippen LogP contribution in [0.25, 0.3) is 0 Å². The molecule has 208 valence electrons. The van der Waals surface area contributed by atoms with Crippen LogP contribution in [0.5, 0.6) is 5.75 Å². The molecule has 2 amide bonds. The first-order valence-electron chi connectivity index (χ1n) is 12.4. The summed E-state index contributed by atoms with van der Waals surface area (Å²) in [4.78, 5) is 28.5. The van der Waals surface area contributed by atoms with Crippen molar-refractivity contribution in [2.75, 3.05) is 18.0 Å². The Morgan fingerprint density at radius 1 is 0.949 bits per heavy atom. The van der Waals surface area contributed by atoms with E-state index in [1.165, 1.54) is 24.1 Å². The van der Waals surface area contributed by atoms with Gasteiger partial charge >= 0.3 is 0 Å². The molecule has 0 spiro atoms. The first-order chi connectivity index (χ1) is 18.3. The lowest BCUT2D eigenvalue weighted by molar-refractivity contribution is -0.140. The molecule has 1 atom stereocenters. The second kappa shape index (κ2) is 12.5. The van der Waals surface area contributed by atoms with Crippen molar-refractivity contribution < 1.29 is 22.7 Å². The predicted octanol–water partition coefficient (Wildman–Crippen LogP) is 4.88. The zero-order chi connectivity index (χ0) is 28.8. The molecule has 0 saturated carbocycles. The third kappa shape index (κ3) is 7.74. The van der Waals surface area contributed by atoms with Crippen molar-refractivity contribution in [2.45, 2.75) is 50.7 Å². The molecule has 3 aromatic carbocycles. The maximum atomic E-state index is 14.0. The van der Waals surface area contributed by atoms with Gasteiger partial charge in [-0.1, -0.05) is 54.1 Å². The van der Waals surface area contributed by atoms with E-state index in [0.29, 0.717) is 5.02 Å². The minimum Gasteiger partial charge on any atom is -0.495 e. The smallest absolute Gasteiger partial charge is 0.264 e. The summed E-state index contributed by atoms with van der Waals surface area (Å²) < 4.78 is 34.2. The van der Waals surface area contributed by atoms with Crippen LogP contribution in [-0.2, 0) is 26.2 Å². The minimum atomic E-state index is -4.18. The zero-order valence-corrected chi connectivity index (χ0v) is 24.3. The topological polar surface area (TPSA) is 96.0 Å². The molecule has 3 aromatic rings. The number of nitrogens with one attached hydrogen (secondary N) is 1. The fourth-order valence-electron chi connectivity index (χ4n) is 3.91. The molecular formula is C29H34ClN3O5S. The van der Waals surface area contributed by atoms with Gasteiger partial charge in [-0.05, 0) is 69.7 Å². The van der Waals surface area contributed by atoms with Crippen molar-refractivity contribution in [3.63, 3.8) is 0 Å². The maximum absolute atomic E-state index is 14.0. The number of para-hydroxylation sites is 2. The Hall–Kier alpha value is -3.56. The highest BCUT2D eigenvalue weighted by molar-refractivity contribution is 7.92. The van der Waals surface area contributed by atoms with Crippen LogP contribution in [0.2, 0.25) is 5.02 Å². The number of rotatable bonds is 10. The van der Waals surface area contributed by atoms with Gasteiger partial charge in [-0.2, -0.15) is 0 Å². The van der Waals surface area contributed by atoms with E-state index >= 15 is 0 Å². The highest BCUT2D eigenvalue weighted by atomic mass is 35.5. The number of benzene rings is 3. The summed E-state index contributed by atoms with van der Waals surface area (Å²) in [5.41, 5.74) is 0.411. The normalized spacial score (nSPS) is 12.4. The van der Waals surface area contributed by atoms with E-state index in [-0.39, 0.29) is 28.8 Å². The van der Waals surface area contributed by atoms with E-state index in [2.05, 4.69) is 5.32 Å². The fourth-order valence-corrected chi connectivity index (χ4v) is 5.48. The summed E-state index contributed by atoms with van der Waals surface area (Å²) in [5, 5.41) is 3.44. The van der Waals surface area contributed by atoms with Crippen LogP contribution in [0, 0.1) is 0 Å². The summed E-state index contributed by atoms with van der Waals surface area (Å²) in [6.45, 7) is 6.67. The van der Waals surface area contributed by atoms with Gasteiger partial charge in [0, 0.05) is 17.1 Å². The van der Waals surface area contributed by atoms with Gasteiger partial charge in [0.1, 0.15) is 18.3 Å². The van der Waals surface area contributed by atoms with Crippen molar-refractivity contribution in [1.82, 2.24) is 10.2 Å². The molecule has 8 nitrogen and oxygen atoms in total. The second-order valence-electron chi connectivity index (χ2n) is 10.1. The molecule has 0 aromatic heterocycles. The third-order valence-electron chi connectivity index (χ3n) is 5.90. The van der Waals surface area contributed by atoms with Gasteiger partial charge in [-0.3, -0.25) is 13.9 Å². The van der Waals surface area contributed by atoms with Gasteiger partial charge in [0.05, 0.1) is 17.7 Å². The number of carbonyl (C=O) groups is 2. The number of methoxy groups -OCH3 is 1. The molecule has 10 heteroatoms. The number of carbonyl (C=O) groups excluding carboxylic acids is 2. The molecule has 0 unspecified atom stereocenters. The number of anilines is 1. The summed E-state index contributed by atoms with van der Waals surface area (Å²) in [7, 11) is -2.75. The maximum Gasteiger partial charge on any atom is 0.264 e. The first kappa shape index (κ1) is 30.0. The Labute approximate surface area is 235 Å². The zero-order valence-electron chi connectivity index (χ0n) is 22.7. The molecule has 0 aliphatic carbocycles. The first-order valence-corrected chi connectivity index (χ1v) is 14.2. The van der Waals surface area contributed by atoms with Crippen LogP contribution < -0.4 is 14.4 Å². The summed E-state index contributed by atoms with van der Waals surface area (Å²) >= 11 is 6.04. The molecule has 3 rings (SSSR count). The van der Waals surface area contributed by atoms with E-state index in [1.807, 2.05) is 20.8 Å². The molecule has 0 radical (unpaired) electrons. The van der Waals surface area contributed by atoms with E-state index in [4.69, 9.17) is 16.3 Å². The summed E-state index contributed by atoms with van der Waals surface area (Å²) in [6.07, 6.45) is 0. The van der Waals surface area contributed by atoms with Gasteiger partial charge in [0.25, 0.3) is 10.0 Å². The number of sulfonamides is 1. The molecule has 0 fully saturated rings. The number of nitrogens with zero attached hydrogens (tertiary/aromatic N) is 2. The highest BCUT2D eigenvalue weighted by Gasteiger charge is 2.34. The van der Waals surface area contributed by atoms with E-state index in [0.717, 1.165) is 9.87 Å². The van der Waals surface area contributed by atoms with E-state index < -0.39 is 34.1 Å². The van der Waals surface area contributed by atoms with Crippen LogP contribution in [0.1, 0.15) is 33.3 Å². The Morgan fingerprint density at radius 2 is 1.54 bits per heavy atom. The number of hydrogen-bond donors (Lipinski definition) is 1. The average molecular weight is 572 g/mol. The van der Waals surface area contributed by atoms with Crippen molar-refractivity contribution in [1.29, 1.82) is 0 Å². The minimum absolute atomic E-state index is 0.0199. The lowest BCUT2D eigenvalue weighted by atomic mass is 10.1. The number of ether oxygens (including phenoxy) is 1. The lowest BCUT2D eigenvalue weighted by Gasteiger charge is -2.33. The van der Waals surface area contributed by atoms with Gasteiger partial charge in [0.15, 0.2) is 0 Å². The predicted molar refractivity (Wildman–Crippen MR) is 153 cm³/mol. The Kier molecular flexibility index (Phi) is 9.63. The molecule has 39 heavy (non-hydrogen) atoms. The molecular weight excluding hydrogens is 538 g/mol. The van der Waals surface area contributed by atoms with Crippen molar-refractivity contribution in [3.05, 3.63) is 89.4 Å². The fraction of sp³-hybridized carbons (Fsp3) is 0.310. The van der Waals surface area contributed by atoms with Crippen LogP contribution >= 0.6 is 11.6 Å². The van der Waals surface area contributed by atoms with Gasteiger partial charge < -0.3 is 15.0 Å². The van der Waals surface area contributed by atoms with Gasteiger partial charge in [-0.25, -0.2) is 8.42 Å². The van der Waals surface area contributed by atoms with Crippen LogP contribution in [0.4, 0.5) is 5.69 Å². The molecule has 0 bridgehead atoms. The van der Waals surface area contributed by atoms with E-state index in [1.54, 1.807) is 73.7 Å². The van der Waals surface area contributed by atoms with Gasteiger partial charge in [-0.15, -0.1) is 0 Å². The van der Waals surface area contributed by atoms with Crippen molar-refractivity contribution in [2.24, 2.45) is 0 Å². The number of amides is 2. The monoisotopic (exact) mass is 571 g/mol. The van der Waals surface area contributed by atoms with Gasteiger partial charge in [0.2, 0.25) is 11.8 Å². The van der Waals surface area contributed by atoms with Crippen LogP contribution in [0.3, 0.4) is 0 Å². The average Bonchev–Trinajstić information content (AvgIpc) is 2.90. The SMILES string of the molecule is COc1ccccc1N(CC(=O)N(Cc1ccc(Cl)cc1)[C@H](C)C(=O)NC(C)(C)C)S(=O)(=O)c1ccccc1. The molecule has 0 heterocycles. The summed E-state index contributed by atoms with van der Waals surface area (Å²) in [6, 6.07) is 20.5.